The second-order valence-electron chi connectivity index (χ2n) is 4.74. The van der Waals surface area contributed by atoms with Crippen molar-refractivity contribution in [2.24, 2.45) is 0 Å². The first kappa shape index (κ1) is 13.6. The van der Waals surface area contributed by atoms with Crippen molar-refractivity contribution in [1.82, 2.24) is 0 Å². The molecule has 1 aliphatic rings. The molecule has 0 bridgehead atoms. The van der Waals surface area contributed by atoms with Gasteiger partial charge in [0.05, 0.1) is 13.0 Å². The van der Waals surface area contributed by atoms with Gasteiger partial charge in [0.2, 0.25) is 0 Å². The second kappa shape index (κ2) is 5.87. The number of benzene rings is 1. The fourth-order valence-corrected chi connectivity index (χ4v) is 2.33. The van der Waals surface area contributed by atoms with Gasteiger partial charge in [-0.2, -0.15) is 0 Å². The van der Waals surface area contributed by atoms with Crippen LogP contribution in [0.4, 0.5) is 5.69 Å². The highest BCUT2D eigenvalue weighted by atomic mass is 16.5. The molecule has 4 heteroatoms. The van der Waals surface area contributed by atoms with Crippen LogP contribution in [0.2, 0.25) is 0 Å². The van der Waals surface area contributed by atoms with Crippen LogP contribution in [-0.4, -0.2) is 32.0 Å². The van der Waals surface area contributed by atoms with Crippen LogP contribution in [0.15, 0.2) is 18.2 Å². The Balaban J connectivity index is 1.99. The van der Waals surface area contributed by atoms with E-state index in [1.54, 1.807) is 6.92 Å². The summed E-state index contributed by atoms with van der Waals surface area (Å²) in [4.78, 5) is 25.4. The van der Waals surface area contributed by atoms with Crippen molar-refractivity contribution in [2.45, 2.75) is 26.2 Å². The quantitative estimate of drug-likeness (QED) is 0.602. The van der Waals surface area contributed by atoms with Crippen LogP contribution in [0.1, 0.15) is 35.7 Å². The number of Topliss-reactive ketones (excluding diaryl/α,β-unsaturated/α-hetero) is 1. The van der Waals surface area contributed by atoms with E-state index in [9.17, 15) is 9.59 Å². The van der Waals surface area contributed by atoms with E-state index < -0.39 is 0 Å². The number of anilines is 1. The molecule has 0 spiro atoms. The van der Waals surface area contributed by atoms with Gasteiger partial charge in [0.15, 0.2) is 5.78 Å². The average molecular weight is 261 g/mol. The third kappa shape index (κ3) is 3.13. The third-order valence-corrected chi connectivity index (χ3v) is 3.39. The predicted molar refractivity (Wildman–Crippen MR) is 73.6 cm³/mol. The molecule has 0 saturated carbocycles. The first-order chi connectivity index (χ1) is 9.11. The lowest BCUT2D eigenvalue weighted by atomic mass is 10.0. The van der Waals surface area contributed by atoms with Crippen molar-refractivity contribution < 1.29 is 14.3 Å². The Hall–Kier alpha value is -1.84. The number of likely N-dealkylation sites (N-methyl/N-ethyl adjacent to an activating group) is 1. The van der Waals surface area contributed by atoms with Crippen LogP contribution in [0.3, 0.4) is 0 Å². The van der Waals surface area contributed by atoms with Gasteiger partial charge in [-0.3, -0.25) is 9.59 Å². The largest absolute Gasteiger partial charge is 0.466 e. The van der Waals surface area contributed by atoms with Gasteiger partial charge in [-0.05, 0) is 37.1 Å². The van der Waals surface area contributed by atoms with Crippen molar-refractivity contribution in [3.05, 3.63) is 29.3 Å². The van der Waals surface area contributed by atoms with Crippen LogP contribution in [-0.2, 0) is 16.0 Å². The molecule has 19 heavy (non-hydrogen) atoms. The van der Waals surface area contributed by atoms with E-state index in [2.05, 4.69) is 4.90 Å². The van der Waals surface area contributed by atoms with E-state index in [4.69, 9.17) is 4.74 Å². The lowest BCUT2D eigenvalue weighted by Gasteiger charge is -2.11. The number of hydrogen-bond acceptors (Lipinski definition) is 4. The molecule has 0 amide bonds. The Morgan fingerprint density at radius 3 is 2.84 bits per heavy atom. The number of ketones is 1. The zero-order valence-corrected chi connectivity index (χ0v) is 11.4. The molecule has 0 aliphatic carbocycles. The molecule has 0 saturated heterocycles. The Bertz CT molecular complexity index is 496. The van der Waals surface area contributed by atoms with E-state index in [0.717, 1.165) is 13.0 Å². The zero-order chi connectivity index (χ0) is 13.8. The number of nitrogens with zero attached hydrogens (tertiary/aromatic N) is 1. The minimum Gasteiger partial charge on any atom is -0.466 e. The minimum atomic E-state index is -0.309. The van der Waals surface area contributed by atoms with E-state index in [1.165, 1.54) is 11.3 Å². The molecule has 4 nitrogen and oxygen atoms in total. The number of ether oxygens (including phenoxy) is 1. The van der Waals surface area contributed by atoms with Crippen LogP contribution in [0.25, 0.3) is 0 Å². The van der Waals surface area contributed by atoms with Crippen LogP contribution in [0.5, 0.6) is 0 Å². The number of hydrogen-bond donors (Lipinski definition) is 0. The molecule has 0 fully saturated rings. The second-order valence-corrected chi connectivity index (χ2v) is 4.74. The van der Waals surface area contributed by atoms with Gasteiger partial charge in [0, 0.05) is 31.3 Å². The highest BCUT2D eigenvalue weighted by Gasteiger charge is 2.18. The summed E-state index contributed by atoms with van der Waals surface area (Å²) in [6.07, 6.45) is 1.35. The Labute approximate surface area is 113 Å². The fraction of sp³-hybridized carbons (Fsp3) is 0.467. The summed E-state index contributed by atoms with van der Waals surface area (Å²) in [6.45, 7) is 3.12. The topological polar surface area (TPSA) is 46.6 Å². The summed E-state index contributed by atoms with van der Waals surface area (Å²) in [6, 6.07) is 5.78. The highest BCUT2D eigenvalue weighted by molar-refractivity contribution is 5.98. The number of esters is 1. The molecule has 1 aliphatic heterocycles. The molecule has 0 N–H and O–H groups in total. The SMILES string of the molecule is CCOC(=O)CCC(=O)c1ccc2c(c1)CCN2C. The molecule has 102 valence electrons. The summed E-state index contributed by atoms with van der Waals surface area (Å²) in [5.74, 6) is -0.304. The summed E-state index contributed by atoms with van der Waals surface area (Å²) in [7, 11) is 2.05. The van der Waals surface area contributed by atoms with Crippen LogP contribution >= 0.6 is 0 Å². The first-order valence-corrected chi connectivity index (χ1v) is 6.64. The summed E-state index contributed by atoms with van der Waals surface area (Å²) >= 11 is 0. The summed E-state index contributed by atoms with van der Waals surface area (Å²) in [5, 5.41) is 0. The standard InChI is InChI=1S/C15H19NO3/c1-3-19-15(18)7-6-14(17)12-4-5-13-11(10-12)8-9-16(13)2/h4-5,10H,3,6-9H2,1-2H3. The highest BCUT2D eigenvalue weighted by Crippen LogP contribution is 2.27. The fourth-order valence-electron chi connectivity index (χ4n) is 2.33. The third-order valence-electron chi connectivity index (χ3n) is 3.39. The van der Waals surface area contributed by atoms with Gasteiger partial charge in [0.1, 0.15) is 0 Å². The van der Waals surface area contributed by atoms with E-state index in [-0.39, 0.29) is 24.6 Å². The van der Waals surface area contributed by atoms with Crippen molar-refractivity contribution in [1.29, 1.82) is 0 Å². The van der Waals surface area contributed by atoms with Crippen LogP contribution < -0.4 is 4.90 Å². The number of fused-ring (bicyclic) bond motifs is 1. The molecule has 1 aromatic carbocycles. The first-order valence-electron chi connectivity index (χ1n) is 6.64. The van der Waals surface area contributed by atoms with Gasteiger partial charge in [-0.1, -0.05) is 0 Å². The molecule has 1 heterocycles. The van der Waals surface area contributed by atoms with Crippen molar-refractivity contribution in [3.8, 4) is 0 Å². The number of carbonyl (C=O) groups is 2. The molecule has 1 aromatic rings. The molecule has 0 aromatic heterocycles. The average Bonchev–Trinajstić information content (AvgIpc) is 2.77. The van der Waals surface area contributed by atoms with Crippen molar-refractivity contribution in [3.63, 3.8) is 0 Å². The monoisotopic (exact) mass is 261 g/mol. The normalized spacial score (nSPS) is 13.3. The number of carbonyl (C=O) groups excluding carboxylic acids is 2. The predicted octanol–water partition coefficient (Wildman–Crippen LogP) is 2.20. The Morgan fingerprint density at radius 2 is 2.11 bits per heavy atom. The molecule has 0 unspecified atom stereocenters. The summed E-state index contributed by atoms with van der Waals surface area (Å²) < 4.78 is 4.82. The molecule has 2 rings (SSSR count). The van der Waals surface area contributed by atoms with Gasteiger partial charge in [-0.25, -0.2) is 0 Å². The smallest absolute Gasteiger partial charge is 0.306 e. The maximum atomic E-state index is 12.0. The molecular weight excluding hydrogens is 242 g/mol. The Morgan fingerprint density at radius 1 is 1.32 bits per heavy atom. The maximum absolute atomic E-state index is 12.0. The minimum absolute atomic E-state index is 0.00501. The van der Waals surface area contributed by atoms with Crippen molar-refractivity contribution in [2.75, 3.05) is 25.1 Å². The zero-order valence-electron chi connectivity index (χ0n) is 11.4. The molecule has 0 atom stereocenters. The van der Waals surface area contributed by atoms with Crippen molar-refractivity contribution >= 4 is 17.4 Å². The number of rotatable bonds is 5. The lowest BCUT2D eigenvalue weighted by molar-refractivity contribution is -0.143. The van der Waals surface area contributed by atoms with Gasteiger partial charge >= 0.3 is 5.97 Å². The van der Waals surface area contributed by atoms with E-state index in [1.807, 2.05) is 25.2 Å². The van der Waals surface area contributed by atoms with Crippen LogP contribution in [0, 0.1) is 0 Å². The van der Waals surface area contributed by atoms with Gasteiger partial charge in [-0.15, -0.1) is 0 Å². The van der Waals surface area contributed by atoms with E-state index in [0.29, 0.717) is 12.2 Å². The molecule has 0 radical (unpaired) electrons. The lowest BCUT2D eigenvalue weighted by Crippen LogP contribution is -2.12. The van der Waals surface area contributed by atoms with Gasteiger partial charge in [0.25, 0.3) is 0 Å². The summed E-state index contributed by atoms with van der Waals surface area (Å²) in [5.41, 5.74) is 3.10. The molecular formula is C15H19NO3. The van der Waals surface area contributed by atoms with E-state index >= 15 is 0 Å². The Kier molecular flexibility index (Phi) is 4.20. The maximum Gasteiger partial charge on any atom is 0.306 e. The van der Waals surface area contributed by atoms with Gasteiger partial charge < -0.3 is 9.64 Å².